The Hall–Kier alpha value is -3.35. The van der Waals surface area contributed by atoms with Crippen LogP contribution >= 0.6 is 0 Å². The largest absolute Gasteiger partial charge is 0.479 e. The van der Waals surface area contributed by atoms with Crippen molar-refractivity contribution in [2.45, 2.75) is 19.6 Å². The molecular weight excluding hydrogens is 326 g/mol. The molecule has 0 bridgehead atoms. The van der Waals surface area contributed by atoms with Crippen LogP contribution in [-0.2, 0) is 11.3 Å². The molecule has 0 spiro atoms. The molecule has 0 saturated carbocycles. The van der Waals surface area contributed by atoms with Gasteiger partial charge < -0.3 is 19.8 Å². The number of aromatic carboxylic acids is 2. The zero-order valence-electron chi connectivity index (χ0n) is 13.3. The molecule has 1 heterocycles. The molecule has 2 N–H and O–H groups in total. The van der Waals surface area contributed by atoms with E-state index in [2.05, 4.69) is 0 Å². The van der Waals surface area contributed by atoms with Gasteiger partial charge in [0.2, 0.25) is 0 Å². The summed E-state index contributed by atoms with van der Waals surface area (Å²) < 4.78 is 5.52. The third kappa shape index (κ3) is 3.16. The van der Waals surface area contributed by atoms with Crippen molar-refractivity contribution in [2.75, 3.05) is 4.90 Å². The number of carbonyl (C=O) groups excluding carboxylic acids is 1. The maximum Gasteiger partial charge on any atom is 0.335 e. The first-order valence-electron chi connectivity index (χ1n) is 7.54. The fourth-order valence-corrected chi connectivity index (χ4v) is 2.64. The maximum absolute atomic E-state index is 12.5. The van der Waals surface area contributed by atoms with E-state index in [4.69, 9.17) is 14.9 Å². The van der Waals surface area contributed by atoms with Gasteiger partial charge in [-0.05, 0) is 42.8 Å². The van der Waals surface area contributed by atoms with Crippen molar-refractivity contribution in [1.29, 1.82) is 0 Å². The van der Waals surface area contributed by atoms with Gasteiger partial charge in [0, 0.05) is 0 Å². The number of anilines is 1. The molecule has 2 aromatic carbocycles. The first-order valence-corrected chi connectivity index (χ1v) is 7.54. The molecule has 128 valence electrons. The third-order valence-electron chi connectivity index (χ3n) is 3.96. The summed E-state index contributed by atoms with van der Waals surface area (Å²) in [7, 11) is 0. The number of fused-ring (bicyclic) bond motifs is 1. The van der Waals surface area contributed by atoms with Gasteiger partial charge in [0.1, 0.15) is 5.75 Å². The Morgan fingerprint density at radius 3 is 2.24 bits per heavy atom. The van der Waals surface area contributed by atoms with Gasteiger partial charge in [-0.15, -0.1) is 0 Å². The van der Waals surface area contributed by atoms with Gasteiger partial charge in [0.25, 0.3) is 5.91 Å². The van der Waals surface area contributed by atoms with E-state index in [1.807, 2.05) is 0 Å². The van der Waals surface area contributed by atoms with Crippen LogP contribution in [0.1, 0.15) is 33.2 Å². The maximum atomic E-state index is 12.5. The second-order valence-electron chi connectivity index (χ2n) is 5.67. The quantitative estimate of drug-likeness (QED) is 0.885. The highest BCUT2D eigenvalue weighted by Gasteiger charge is 2.32. The van der Waals surface area contributed by atoms with Gasteiger partial charge >= 0.3 is 11.9 Å². The molecule has 0 saturated heterocycles. The number of hydrogen-bond acceptors (Lipinski definition) is 4. The second kappa shape index (κ2) is 6.27. The Labute approximate surface area is 143 Å². The summed E-state index contributed by atoms with van der Waals surface area (Å²) in [5.41, 5.74) is 1.47. The van der Waals surface area contributed by atoms with E-state index >= 15 is 0 Å². The van der Waals surface area contributed by atoms with E-state index in [0.29, 0.717) is 11.4 Å². The molecule has 2 aromatic rings. The van der Waals surface area contributed by atoms with Gasteiger partial charge in [-0.3, -0.25) is 4.79 Å². The minimum absolute atomic E-state index is 0.0751. The Kier molecular flexibility index (Phi) is 4.14. The van der Waals surface area contributed by atoms with Crippen molar-refractivity contribution in [3.63, 3.8) is 0 Å². The molecule has 7 heteroatoms. The van der Waals surface area contributed by atoms with Gasteiger partial charge in [-0.1, -0.05) is 12.1 Å². The Balaban J connectivity index is 1.94. The van der Waals surface area contributed by atoms with Crippen LogP contribution in [-0.4, -0.2) is 34.2 Å². The topological polar surface area (TPSA) is 104 Å². The van der Waals surface area contributed by atoms with Crippen LogP contribution in [0.4, 0.5) is 5.69 Å². The number of carboxylic acids is 2. The zero-order chi connectivity index (χ0) is 18.1. The molecule has 7 nitrogen and oxygen atoms in total. The molecule has 1 atom stereocenters. The van der Waals surface area contributed by atoms with Crippen molar-refractivity contribution < 1.29 is 29.3 Å². The number of carbonyl (C=O) groups is 3. The molecule has 0 radical (unpaired) electrons. The van der Waals surface area contributed by atoms with Crippen LogP contribution in [0.15, 0.2) is 42.5 Å². The van der Waals surface area contributed by atoms with E-state index in [1.165, 1.54) is 35.2 Å². The van der Waals surface area contributed by atoms with Crippen molar-refractivity contribution in [3.8, 4) is 5.75 Å². The summed E-state index contributed by atoms with van der Waals surface area (Å²) in [5, 5.41) is 18.0. The van der Waals surface area contributed by atoms with Gasteiger partial charge in [0.05, 0.1) is 23.4 Å². The number of rotatable bonds is 4. The average molecular weight is 341 g/mol. The first kappa shape index (κ1) is 16.5. The van der Waals surface area contributed by atoms with E-state index < -0.39 is 18.0 Å². The number of hydrogen-bond donors (Lipinski definition) is 2. The average Bonchev–Trinajstić information content (AvgIpc) is 2.58. The van der Waals surface area contributed by atoms with Crippen molar-refractivity contribution in [3.05, 3.63) is 59.2 Å². The van der Waals surface area contributed by atoms with Crippen LogP contribution in [0, 0.1) is 0 Å². The van der Waals surface area contributed by atoms with Crippen LogP contribution in [0.3, 0.4) is 0 Å². The van der Waals surface area contributed by atoms with Gasteiger partial charge in [-0.2, -0.15) is 0 Å². The number of carboxylic acid groups (broad SMARTS) is 2. The summed E-state index contributed by atoms with van der Waals surface area (Å²) in [6.45, 7) is 1.82. The fraction of sp³-hybridized carbons (Fsp3) is 0.167. The van der Waals surface area contributed by atoms with Crippen molar-refractivity contribution in [2.24, 2.45) is 0 Å². The monoisotopic (exact) mass is 341 g/mol. The lowest BCUT2D eigenvalue weighted by Gasteiger charge is -2.33. The Morgan fingerprint density at radius 2 is 1.64 bits per heavy atom. The number of ether oxygens (including phenoxy) is 1. The zero-order valence-corrected chi connectivity index (χ0v) is 13.3. The van der Waals surface area contributed by atoms with E-state index in [0.717, 1.165) is 5.56 Å². The molecular formula is C18H15NO6. The van der Waals surface area contributed by atoms with Crippen molar-refractivity contribution in [1.82, 2.24) is 0 Å². The van der Waals surface area contributed by atoms with Gasteiger partial charge in [-0.25, -0.2) is 9.59 Å². The van der Waals surface area contributed by atoms with Crippen LogP contribution in [0.25, 0.3) is 0 Å². The predicted molar refractivity (Wildman–Crippen MR) is 88.1 cm³/mol. The highest BCUT2D eigenvalue weighted by molar-refractivity contribution is 6.00. The predicted octanol–water partition coefficient (Wildman–Crippen LogP) is 2.40. The van der Waals surface area contributed by atoms with Crippen molar-refractivity contribution >= 4 is 23.5 Å². The smallest absolute Gasteiger partial charge is 0.335 e. The first-order chi connectivity index (χ1) is 11.9. The fourth-order valence-electron chi connectivity index (χ4n) is 2.64. The molecule has 0 fully saturated rings. The lowest BCUT2D eigenvalue weighted by molar-refractivity contribution is -0.125. The summed E-state index contributed by atoms with van der Waals surface area (Å²) in [5.74, 6) is -2.02. The number of amides is 1. The number of nitrogens with zero attached hydrogens (tertiary/aromatic N) is 1. The lowest BCUT2D eigenvalue weighted by atomic mass is 10.1. The van der Waals surface area contributed by atoms with Crippen LogP contribution in [0.5, 0.6) is 5.75 Å². The molecule has 25 heavy (non-hydrogen) atoms. The SMILES string of the molecule is CC1Oc2cc(C(=O)O)ccc2N(Cc2ccc(C(=O)O)cc2)C1=O. The standard InChI is InChI=1S/C18H15NO6/c1-10-16(20)19(9-11-2-4-12(5-3-11)17(21)22)14-7-6-13(18(23)24)8-15(14)25-10/h2-8,10H,9H2,1H3,(H,21,22)(H,23,24). The van der Waals surface area contributed by atoms with E-state index in [-0.39, 0.29) is 23.6 Å². The minimum Gasteiger partial charge on any atom is -0.479 e. The molecule has 1 amide bonds. The lowest BCUT2D eigenvalue weighted by Crippen LogP contribution is -2.44. The molecule has 3 rings (SSSR count). The Bertz CT molecular complexity index is 858. The molecule has 0 aromatic heterocycles. The second-order valence-corrected chi connectivity index (χ2v) is 5.67. The summed E-state index contributed by atoms with van der Waals surface area (Å²) in [6, 6.07) is 10.6. The summed E-state index contributed by atoms with van der Waals surface area (Å²) in [4.78, 5) is 36.0. The van der Waals surface area contributed by atoms with Crippen LogP contribution < -0.4 is 9.64 Å². The van der Waals surface area contributed by atoms with Gasteiger partial charge in [0.15, 0.2) is 6.10 Å². The Morgan fingerprint density at radius 1 is 1.04 bits per heavy atom. The number of benzene rings is 2. The summed E-state index contributed by atoms with van der Waals surface area (Å²) >= 11 is 0. The highest BCUT2D eigenvalue weighted by Crippen LogP contribution is 2.35. The normalized spacial score (nSPS) is 16.1. The van der Waals surface area contributed by atoms with E-state index in [1.54, 1.807) is 19.1 Å². The van der Waals surface area contributed by atoms with Crippen LogP contribution in [0.2, 0.25) is 0 Å². The van der Waals surface area contributed by atoms with E-state index in [9.17, 15) is 14.4 Å². The minimum atomic E-state index is -1.08. The molecule has 1 aliphatic heterocycles. The third-order valence-corrected chi connectivity index (χ3v) is 3.96. The molecule has 1 unspecified atom stereocenters. The highest BCUT2D eigenvalue weighted by atomic mass is 16.5. The molecule has 0 aliphatic carbocycles. The molecule has 1 aliphatic rings. The summed E-state index contributed by atoms with van der Waals surface area (Å²) in [6.07, 6.45) is -0.741.